The third kappa shape index (κ3) is 3.65. The van der Waals surface area contributed by atoms with E-state index in [9.17, 15) is 18.5 Å². The summed E-state index contributed by atoms with van der Waals surface area (Å²) in [7, 11) is -3.53. The van der Waals surface area contributed by atoms with E-state index in [1.165, 1.54) is 12.1 Å². The van der Waals surface area contributed by atoms with Gasteiger partial charge in [0.15, 0.2) is 9.84 Å². The van der Waals surface area contributed by atoms with Crippen molar-refractivity contribution >= 4 is 21.2 Å². The summed E-state index contributed by atoms with van der Waals surface area (Å²) in [5, 5.41) is 14.7. The molecule has 7 nitrogen and oxygen atoms in total. The zero-order chi connectivity index (χ0) is 19.1. The van der Waals surface area contributed by atoms with Crippen molar-refractivity contribution in [2.75, 3.05) is 11.6 Å². The molecule has 3 rings (SSSR count). The molecule has 8 heteroatoms. The van der Waals surface area contributed by atoms with Gasteiger partial charge in [-0.1, -0.05) is 18.2 Å². The van der Waals surface area contributed by atoms with Crippen LogP contribution in [0.2, 0.25) is 0 Å². The van der Waals surface area contributed by atoms with Crippen molar-refractivity contribution in [1.29, 1.82) is 0 Å². The summed E-state index contributed by atoms with van der Waals surface area (Å²) in [6.45, 7) is 3.91. The van der Waals surface area contributed by atoms with Gasteiger partial charge in [0.1, 0.15) is 17.0 Å². The molecule has 0 spiro atoms. The number of anilines is 1. The summed E-state index contributed by atoms with van der Waals surface area (Å²) < 4.78 is 29.4. The lowest BCUT2D eigenvalue weighted by molar-refractivity contribution is -0.384. The van der Waals surface area contributed by atoms with Crippen LogP contribution >= 0.6 is 0 Å². The Bertz CT molecular complexity index is 969. The van der Waals surface area contributed by atoms with Crippen LogP contribution in [0.3, 0.4) is 0 Å². The second kappa shape index (κ2) is 6.28. The summed E-state index contributed by atoms with van der Waals surface area (Å²) in [5.41, 5.74) is 0.482. The lowest BCUT2D eigenvalue weighted by atomic mass is 9.89. The molecule has 1 unspecified atom stereocenters. The number of hydrogen-bond acceptors (Lipinski definition) is 6. The first kappa shape index (κ1) is 18.2. The molecule has 0 saturated carbocycles. The third-order valence-corrected chi connectivity index (χ3v) is 5.41. The monoisotopic (exact) mass is 376 g/mol. The van der Waals surface area contributed by atoms with Gasteiger partial charge in [0.2, 0.25) is 0 Å². The molecule has 0 saturated heterocycles. The lowest BCUT2D eigenvalue weighted by Crippen LogP contribution is -2.37. The number of nitro benzene ring substituents is 1. The van der Waals surface area contributed by atoms with Crippen LogP contribution < -0.4 is 10.1 Å². The van der Waals surface area contributed by atoms with Crippen LogP contribution in [0.5, 0.6) is 5.75 Å². The van der Waals surface area contributed by atoms with E-state index in [2.05, 4.69) is 5.32 Å². The molecule has 1 heterocycles. The van der Waals surface area contributed by atoms with Gasteiger partial charge in [0, 0.05) is 24.3 Å². The van der Waals surface area contributed by atoms with Crippen LogP contribution in [-0.2, 0) is 9.84 Å². The summed E-state index contributed by atoms with van der Waals surface area (Å²) >= 11 is 0. The van der Waals surface area contributed by atoms with Crippen LogP contribution in [-0.4, -0.2) is 25.2 Å². The Balaban J connectivity index is 2.02. The summed E-state index contributed by atoms with van der Waals surface area (Å²) in [5.74, 6) is 0.733. The first-order chi connectivity index (χ1) is 12.1. The van der Waals surface area contributed by atoms with E-state index < -0.39 is 20.4 Å². The number of sulfone groups is 1. The van der Waals surface area contributed by atoms with Gasteiger partial charge < -0.3 is 10.1 Å². The Hall–Kier alpha value is -2.61. The number of rotatable bonds is 4. The highest BCUT2D eigenvalue weighted by Crippen LogP contribution is 2.42. The number of nitrogens with zero attached hydrogens (tertiary/aromatic N) is 1. The van der Waals surface area contributed by atoms with Crippen molar-refractivity contribution in [3.63, 3.8) is 0 Å². The van der Waals surface area contributed by atoms with Gasteiger partial charge in [0.25, 0.3) is 5.69 Å². The lowest BCUT2D eigenvalue weighted by Gasteiger charge is -2.38. The maximum Gasteiger partial charge on any atom is 0.293 e. The molecule has 1 aliphatic rings. The molecule has 0 bridgehead atoms. The minimum atomic E-state index is -3.53. The van der Waals surface area contributed by atoms with Crippen molar-refractivity contribution < 1.29 is 18.1 Å². The van der Waals surface area contributed by atoms with Gasteiger partial charge in [-0.15, -0.1) is 0 Å². The number of hydrogen-bond donors (Lipinski definition) is 1. The summed E-state index contributed by atoms with van der Waals surface area (Å²) in [6.07, 6.45) is 1.63. The van der Waals surface area contributed by atoms with Gasteiger partial charge in [0.05, 0.1) is 15.9 Å². The van der Waals surface area contributed by atoms with Crippen molar-refractivity contribution in [2.45, 2.75) is 36.8 Å². The molecule has 1 N–H and O–H groups in total. The van der Waals surface area contributed by atoms with E-state index in [1.54, 1.807) is 0 Å². The number of nitrogens with one attached hydrogen (secondary N) is 1. The first-order valence-electron chi connectivity index (χ1n) is 8.10. The average Bonchev–Trinajstić information content (AvgIpc) is 2.53. The Morgan fingerprint density at radius 1 is 1.23 bits per heavy atom. The van der Waals surface area contributed by atoms with Crippen LogP contribution in [0, 0.1) is 10.1 Å². The highest BCUT2D eigenvalue weighted by molar-refractivity contribution is 7.90. The Labute approximate surface area is 152 Å². The largest absolute Gasteiger partial charge is 0.487 e. The predicted octanol–water partition coefficient (Wildman–Crippen LogP) is 3.71. The first-order valence-corrected chi connectivity index (χ1v) is 9.99. The molecule has 0 amide bonds. The van der Waals surface area contributed by atoms with Crippen LogP contribution in [0.25, 0.3) is 0 Å². The molecular formula is C18H20N2O5S. The molecule has 138 valence electrons. The molecule has 26 heavy (non-hydrogen) atoms. The Kier molecular flexibility index (Phi) is 4.39. The van der Waals surface area contributed by atoms with Gasteiger partial charge in [-0.05, 0) is 32.0 Å². The van der Waals surface area contributed by atoms with Crippen LogP contribution in [0.15, 0.2) is 47.4 Å². The molecule has 1 atom stereocenters. The molecule has 1 aliphatic heterocycles. The fourth-order valence-electron chi connectivity index (χ4n) is 3.13. The standard InChI is InChI=1S/C18H20N2O5S/c1-18(2)11-15(13-6-4-5-7-17(13)25-18)19-14-9-8-12(26(3,23)24)10-16(14)20(21)22/h4-10,15,19H,11H2,1-3H3. The highest BCUT2D eigenvalue weighted by atomic mass is 32.2. The number of para-hydroxylation sites is 1. The average molecular weight is 376 g/mol. The summed E-state index contributed by atoms with van der Waals surface area (Å²) in [6, 6.07) is 11.3. The zero-order valence-corrected chi connectivity index (χ0v) is 15.5. The smallest absolute Gasteiger partial charge is 0.293 e. The number of nitro groups is 1. The summed E-state index contributed by atoms with van der Waals surface area (Å²) in [4.78, 5) is 10.8. The van der Waals surface area contributed by atoms with E-state index in [1.807, 2.05) is 38.1 Å². The minimum Gasteiger partial charge on any atom is -0.487 e. The topological polar surface area (TPSA) is 98.5 Å². The van der Waals surface area contributed by atoms with Crippen molar-refractivity contribution in [3.8, 4) is 5.75 Å². The Morgan fingerprint density at radius 3 is 2.58 bits per heavy atom. The third-order valence-electron chi connectivity index (χ3n) is 4.30. The van der Waals surface area contributed by atoms with Crippen molar-refractivity contribution in [1.82, 2.24) is 0 Å². The fourth-order valence-corrected chi connectivity index (χ4v) is 3.77. The van der Waals surface area contributed by atoms with E-state index in [0.29, 0.717) is 6.42 Å². The van der Waals surface area contributed by atoms with Gasteiger partial charge in [-0.3, -0.25) is 10.1 Å². The van der Waals surface area contributed by atoms with Crippen molar-refractivity contribution in [3.05, 3.63) is 58.1 Å². The molecule has 2 aromatic rings. The number of benzene rings is 2. The number of ether oxygens (including phenoxy) is 1. The zero-order valence-electron chi connectivity index (χ0n) is 14.7. The maximum atomic E-state index is 11.7. The molecule has 0 fully saturated rings. The molecule has 0 aliphatic carbocycles. The number of fused-ring (bicyclic) bond motifs is 1. The van der Waals surface area contributed by atoms with Gasteiger partial charge in [-0.2, -0.15) is 0 Å². The van der Waals surface area contributed by atoms with Crippen LogP contribution in [0.1, 0.15) is 31.9 Å². The fraction of sp³-hybridized carbons (Fsp3) is 0.333. The van der Waals surface area contributed by atoms with Gasteiger partial charge in [-0.25, -0.2) is 8.42 Å². The van der Waals surface area contributed by atoms with Crippen LogP contribution in [0.4, 0.5) is 11.4 Å². The molecule has 0 aromatic heterocycles. The van der Waals surface area contributed by atoms with Gasteiger partial charge >= 0.3 is 0 Å². The highest BCUT2D eigenvalue weighted by Gasteiger charge is 2.34. The Morgan fingerprint density at radius 2 is 1.92 bits per heavy atom. The SMILES string of the molecule is CC1(C)CC(Nc2ccc(S(C)(=O)=O)cc2[N+](=O)[O-])c2ccccc2O1. The normalized spacial score (nSPS) is 18.5. The second-order valence-electron chi connectivity index (χ2n) is 7.01. The van der Waals surface area contributed by atoms with E-state index >= 15 is 0 Å². The maximum absolute atomic E-state index is 11.7. The predicted molar refractivity (Wildman–Crippen MR) is 98.3 cm³/mol. The molecule has 2 aromatic carbocycles. The van der Waals surface area contributed by atoms with E-state index in [4.69, 9.17) is 4.74 Å². The second-order valence-corrected chi connectivity index (χ2v) is 9.02. The minimum absolute atomic E-state index is 0.0811. The van der Waals surface area contributed by atoms with E-state index in [-0.39, 0.29) is 22.3 Å². The molecular weight excluding hydrogens is 356 g/mol. The van der Waals surface area contributed by atoms with Crippen molar-refractivity contribution in [2.24, 2.45) is 0 Å². The quantitative estimate of drug-likeness (QED) is 0.645. The van der Waals surface area contributed by atoms with E-state index in [0.717, 1.165) is 23.6 Å². The molecule has 0 radical (unpaired) electrons.